The van der Waals surface area contributed by atoms with E-state index in [-0.39, 0.29) is 18.2 Å². The third-order valence-electron chi connectivity index (χ3n) is 2.30. The predicted molar refractivity (Wildman–Crippen MR) is 63.6 cm³/mol. The molecule has 0 aliphatic heterocycles. The number of aliphatic hydroxyl groups excluding tert-OH is 1. The first-order valence-electron chi connectivity index (χ1n) is 5.59. The minimum Gasteiger partial charge on any atom is -0.396 e. The molecule has 3 N–H and O–H groups in total. The van der Waals surface area contributed by atoms with Gasteiger partial charge >= 0.3 is 6.18 Å². The number of hydrogen-bond acceptors (Lipinski definition) is 4. The standard InChI is InChI=1S/C11H16F3N3O/c1-15-9-6-8(11(12,13)14)7-10(17-9)16-4-2-3-5-18/h6-7,18H,2-5H2,1H3,(H2,15,16,17). The van der Waals surface area contributed by atoms with Gasteiger partial charge in [-0.3, -0.25) is 0 Å². The van der Waals surface area contributed by atoms with Gasteiger partial charge in [0.25, 0.3) is 0 Å². The van der Waals surface area contributed by atoms with Gasteiger partial charge in [0.05, 0.1) is 5.56 Å². The summed E-state index contributed by atoms with van der Waals surface area (Å²) < 4.78 is 37.8. The molecular weight excluding hydrogens is 247 g/mol. The van der Waals surface area contributed by atoms with E-state index in [0.29, 0.717) is 19.4 Å². The lowest BCUT2D eigenvalue weighted by Crippen LogP contribution is -2.10. The van der Waals surface area contributed by atoms with Crippen molar-refractivity contribution in [2.24, 2.45) is 0 Å². The summed E-state index contributed by atoms with van der Waals surface area (Å²) in [5.74, 6) is 0.335. The molecular formula is C11H16F3N3O. The zero-order valence-electron chi connectivity index (χ0n) is 10.0. The monoisotopic (exact) mass is 263 g/mol. The molecule has 102 valence electrons. The average Bonchev–Trinajstić information content (AvgIpc) is 2.33. The quantitative estimate of drug-likeness (QED) is 0.689. The Labute approximate surface area is 103 Å². The third-order valence-corrected chi connectivity index (χ3v) is 2.30. The Morgan fingerprint density at radius 1 is 1.22 bits per heavy atom. The van der Waals surface area contributed by atoms with Crippen molar-refractivity contribution in [1.29, 1.82) is 0 Å². The molecule has 18 heavy (non-hydrogen) atoms. The number of hydrogen-bond donors (Lipinski definition) is 3. The van der Waals surface area contributed by atoms with Gasteiger partial charge < -0.3 is 15.7 Å². The molecule has 7 heteroatoms. The van der Waals surface area contributed by atoms with E-state index in [1.807, 2.05) is 0 Å². The van der Waals surface area contributed by atoms with Gasteiger partial charge in [0.1, 0.15) is 11.6 Å². The number of rotatable bonds is 6. The van der Waals surface area contributed by atoms with Gasteiger partial charge in [0.15, 0.2) is 0 Å². The van der Waals surface area contributed by atoms with Crippen molar-refractivity contribution in [3.05, 3.63) is 17.7 Å². The van der Waals surface area contributed by atoms with E-state index in [9.17, 15) is 13.2 Å². The van der Waals surface area contributed by atoms with Crippen molar-refractivity contribution in [3.63, 3.8) is 0 Å². The lowest BCUT2D eigenvalue weighted by molar-refractivity contribution is -0.137. The second-order valence-corrected chi connectivity index (χ2v) is 3.73. The topological polar surface area (TPSA) is 57.2 Å². The van der Waals surface area contributed by atoms with Crippen LogP contribution in [0, 0.1) is 0 Å². The molecule has 0 spiro atoms. The first-order chi connectivity index (χ1) is 8.47. The van der Waals surface area contributed by atoms with Crippen LogP contribution in [0.2, 0.25) is 0 Å². The molecule has 0 radical (unpaired) electrons. The molecule has 0 aliphatic rings. The predicted octanol–water partition coefficient (Wildman–Crippen LogP) is 2.33. The van der Waals surface area contributed by atoms with Crippen LogP contribution in [0.1, 0.15) is 18.4 Å². The number of nitrogens with one attached hydrogen (secondary N) is 2. The van der Waals surface area contributed by atoms with Gasteiger partial charge in [-0.2, -0.15) is 13.2 Å². The highest BCUT2D eigenvalue weighted by Gasteiger charge is 2.31. The first-order valence-corrected chi connectivity index (χ1v) is 5.59. The van der Waals surface area contributed by atoms with Crippen molar-refractivity contribution in [2.75, 3.05) is 30.8 Å². The first kappa shape index (κ1) is 14.6. The van der Waals surface area contributed by atoms with Crippen molar-refractivity contribution >= 4 is 11.6 Å². The summed E-state index contributed by atoms with van der Waals surface area (Å²) in [6, 6.07) is 1.93. The maximum absolute atomic E-state index is 12.6. The van der Waals surface area contributed by atoms with Crippen molar-refractivity contribution in [1.82, 2.24) is 4.98 Å². The molecule has 0 aliphatic carbocycles. The molecule has 0 fully saturated rings. The van der Waals surface area contributed by atoms with Crippen LogP contribution in [-0.2, 0) is 6.18 Å². The van der Waals surface area contributed by atoms with Crippen LogP contribution >= 0.6 is 0 Å². The highest BCUT2D eigenvalue weighted by molar-refractivity contribution is 5.49. The minimum atomic E-state index is -4.39. The van der Waals surface area contributed by atoms with Crippen molar-refractivity contribution in [3.8, 4) is 0 Å². The van der Waals surface area contributed by atoms with Gasteiger partial charge in [-0.1, -0.05) is 0 Å². The molecule has 0 atom stereocenters. The number of aromatic nitrogens is 1. The zero-order valence-corrected chi connectivity index (χ0v) is 10.0. The summed E-state index contributed by atoms with van der Waals surface area (Å²) in [4.78, 5) is 3.98. The minimum absolute atomic E-state index is 0.0689. The highest BCUT2D eigenvalue weighted by Crippen LogP contribution is 2.31. The van der Waals surface area contributed by atoms with E-state index in [0.717, 1.165) is 12.1 Å². The Bertz CT molecular complexity index is 382. The van der Waals surface area contributed by atoms with E-state index in [2.05, 4.69) is 15.6 Å². The van der Waals surface area contributed by atoms with Crippen molar-refractivity contribution < 1.29 is 18.3 Å². The zero-order chi connectivity index (χ0) is 13.6. The van der Waals surface area contributed by atoms with Crippen LogP contribution in [0.4, 0.5) is 24.8 Å². The van der Waals surface area contributed by atoms with Gasteiger partial charge in [0, 0.05) is 20.2 Å². The number of alkyl halides is 3. The number of unbranched alkanes of at least 4 members (excludes halogenated alkanes) is 1. The third kappa shape index (κ3) is 4.40. The van der Waals surface area contributed by atoms with Crippen LogP contribution in [0.15, 0.2) is 12.1 Å². The maximum Gasteiger partial charge on any atom is 0.416 e. The fourth-order valence-corrected chi connectivity index (χ4v) is 1.37. The number of anilines is 2. The summed E-state index contributed by atoms with van der Waals surface area (Å²) in [5, 5.41) is 14.0. The molecule has 4 nitrogen and oxygen atoms in total. The Morgan fingerprint density at radius 2 is 1.89 bits per heavy atom. The van der Waals surface area contributed by atoms with Crippen LogP contribution in [0.5, 0.6) is 0 Å². The summed E-state index contributed by atoms with van der Waals surface area (Å²) >= 11 is 0. The van der Waals surface area contributed by atoms with E-state index in [1.165, 1.54) is 7.05 Å². The molecule has 0 aromatic carbocycles. The summed E-state index contributed by atoms with van der Waals surface area (Å²) in [7, 11) is 1.51. The van der Waals surface area contributed by atoms with Crippen LogP contribution < -0.4 is 10.6 Å². The normalized spacial score (nSPS) is 11.4. The van der Waals surface area contributed by atoms with E-state index in [1.54, 1.807) is 0 Å². The van der Waals surface area contributed by atoms with Crippen LogP contribution in [-0.4, -0.2) is 30.3 Å². The Hall–Kier alpha value is -1.50. The largest absolute Gasteiger partial charge is 0.416 e. The fourth-order valence-electron chi connectivity index (χ4n) is 1.37. The number of pyridine rings is 1. The molecule has 0 saturated heterocycles. The van der Waals surface area contributed by atoms with Gasteiger partial charge in [-0.25, -0.2) is 4.98 Å². The lowest BCUT2D eigenvalue weighted by Gasteiger charge is -2.12. The SMILES string of the molecule is CNc1cc(C(F)(F)F)cc(NCCCCO)n1. The van der Waals surface area contributed by atoms with Crippen LogP contribution in [0.25, 0.3) is 0 Å². The smallest absolute Gasteiger partial charge is 0.396 e. The van der Waals surface area contributed by atoms with Gasteiger partial charge in [-0.05, 0) is 25.0 Å². The summed E-state index contributed by atoms with van der Waals surface area (Å²) in [5.41, 5.74) is -0.744. The van der Waals surface area contributed by atoms with Gasteiger partial charge in [-0.15, -0.1) is 0 Å². The Morgan fingerprint density at radius 3 is 2.44 bits per heavy atom. The van der Waals surface area contributed by atoms with E-state index >= 15 is 0 Å². The van der Waals surface area contributed by atoms with E-state index in [4.69, 9.17) is 5.11 Å². The fraction of sp³-hybridized carbons (Fsp3) is 0.545. The summed E-state index contributed by atoms with van der Waals surface area (Å²) in [6.45, 7) is 0.539. The number of halogens is 3. The Balaban J connectivity index is 2.78. The van der Waals surface area contributed by atoms with Crippen molar-refractivity contribution in [2.45, 2.75) is 19.0 Å². The second-order valence-electron chi connectivity index (χ2n) is 3.73. The molecule has 1 rings (SSSR count). The Kier molecular flexibility index (Phi) is 5.21. The molecule has 0 unspecified atom stereocenters. The van der Waals surface area contributed by atoms with Crippen LogP contribution in [0.3, 0.4) is 0 Å². The van der Waals surface area contributed by atoms with Gasteiger partial charge in [0.2, 0.25) is 0 Å². The molecule has 0 saturated carbocycles. The average molecular weight is 263 g/mol. The second kappa shape index (κ2) is 6.44. The summed E-state index contributed by atoms with van der Waals surface area (Å²) in [6.07, 6.45) is -3.12. The molecule has 0 bridgehead atoms. The number of aliphatic hydroxyl groups is 1. The van der Waals surface area contributed by atoms with E-state index < -0.39 is 11.7 Å². The lowest BCUT2D eigenvalue weighted by atomic mass is 10.2. The molecule has 1 heterocycles. The number of nitrogens with zero attached hydrogens (tertiary/aromatic N) is 1. The molecule has 1 aromatic rings. The maximum atomic E-state index is 12.6. The highest BCUT2D eigenvalue weighted by atomic mass is 19.4. The molecule has 1 aromatic heterocycles. The molecule has 0 amide bonds.